The SMILES string of the molecule is CCON1CC(CN)=C(C)C=C1C. The van der Waals surface area contributed by atoms with Crippen LogP contribution in [0.1, 0.15) is 20.8 Å². The molecule has 0 saturated heterocycles. The minimum atomic E-state index is 0.610. The van der Waals surface area contributed by atoms with Crippen LogP contribution < -0.4 is 5.73 Å². The number of rotatable bonds is 3. The summed E-state index contributed by atoms with van der Waals surface area (Å²) in [5.74, 6) is 0. The molecule has 3 heteroatoms. The highest BCUT2D eigenvalue weighted by molar-refractivity contribution is 5.31. The third kappa shape index (κ3) is 2.32. The first-order valence-corrected chi connectivity index (χ1v) is 4.66. The van der Waals surface area contributed by atoms with E-state index in [1.54, 1.807) is 0 Å². The first-order chi connectivity index (χ1) is 6.19. The lowest BCUT2D eigenvalue weighted by atomic mass is 10.1. The largest absolute Gasteiger partial charge is 0.327 e. The van der Waals surface area contributed by atoms with E-state index in [0.29, 0.717) is 13.2 Å². The van der Waals surface area contributed by atoms with Gasteiger partial charge in [0.15, 0.2) is 0 Å². The summed E-state index contributed by atoms with van der Waals surface area (Å²) in [6.07, 6.45) is 2.11. The Morgan fingerprint density at radius 3 is 2.77 bits per heavy atom. The van der Waals surface area contributed by atoms with Gasteiger partial charge in [0.1, 0.15) is 0 Å². The van der Waals surface area contributed by atoms with Crippen molar-refractivity contribution in [2.45, 2.75) is 20.8 Å². The summed E-state index contributed by atoms with van der Waals surface area (Å²) < 4.78 is 0. The maximum absolute atomic E-state index is 5.63. The Labute approximate surface area is 79.8 Å². The molecule has 74 valence electrons. The fraction of sp³-hybridized carbons (Fsp3) is 0.600. The van der Waals surface area contributed by atoms with Crippen LogP contribution in [0.15, 0.2) is 22.9 Å². The maximum Gasteiger partial charge on any atom is 0.0720 e. The molecule has 0 spiro atoms. The van der Waals surface area contributed by atoms with Crippen LogP contribution in [0.5, 0.6) is 0 Å². The van der Waals surface area contributed by atoms with E-state index < -0.39 is 0 Å². The van der Waals surface area contributed by atoms with Crippen LogP contribution in [0.2, 0.25) is 0 Å². The molecule has 3 nitrogen and oxygen atoms in total. The Kier molecular flexibility index (Phi) is 3.51. The number of allylic oxidation sites excluding steroid dienone is 3. The van der Waals surface area contributed by atoms with Crippen molar-refractivity contribution in [2.75, 3.05) is 19.7 Å². The molecule has 0 unspecified atom stereocenters. The number of hydroxylamine groups is 2. The molecule has 13 heavy (non-hydrogen) atoms. The highest BCUT2D eigenvalue weighted by atomic mass is 16.7. The van der Waals surface area contributed by atoms with Crippen molar-refractivity contribution in [2.24, 2.45) is 5.73 Å². The van der Waals surface area contributed by atoms with Gasteiger partial charge in [0.2, 0.25) is 0 Å². The average molecular weight is 182 g/mol. The topological polar surface area (TPSA) is 38.5 Å². The first kappa shape index (κ1) is 10.3. The molecule has 0 amide bonds. The van der Waals surface area contributed by atoms with E-state index in [-0.39, 0.29) is 0 Å². The molecule has 0 radical (unpaired) electrons. The molecule has 0 aromatic rings. The summed E-state index contributed by atoms with van der Waals surface area (Å²) in [5, 5.41) is 1.90. The van der Waals surface area contributed by atoms with E-state index in [1.807, 2.05) is 18.9 Å². The molecule has 0 aromatic heterocycles. The van der Waals surface area contributed by atoms with Gasteiger partial charge in [-0.2, -0.15) is 0 Å². The normalized spacial score (nSPS) is 17.8. The van der Waals surface area contributed by atoms with Gasteiger partial charge in [0.25, 0.3) is 0 Å². The lowest BCUT2D eigenvalue weighted by Crippen LogP contribution is -2.30. The average Bonchev–Trinajstić information content (AvgIpc) is 2.10. The number of nitrogens with zero attached hydrogens (tertiary/aromatic N) is 1. The van der Waals surface area contributed by atoms with E-state index in [2.05, 4.69) is 13.0 Å². The Balaban J connectivity index is 2.75. The van der Waals surface area contributed by atoms with Gasteiger partial charge >= 0.3 is 0 Å². The lowest BCUT2D eigenvalue weighted by Gasteiger charge is -2.29. The van der Waals surface area contributed by atoms with Gasteiger partial charge in [-0.25, -0.2) is 0 Å². The predicted octanol–water partition coefficient (Wildman–Crippen LogP) is 1.43. The number of hydrogen-bond acceptors (Lipinski definition) is 3. The molecule has 0 saturated carbocycles. The van der Waals surface area contributed by atoms with Gasteiger partial charge in [0.05, 0.1) is 13.2 Å². The van der Waals surface area contributed by atoms with Gasteiger partial charge in [-0.3, -0.25) is 9.90 Å². The smallest absolute Gasteiger partial charge is 0.0720 e. The molecule has 1 heterocycles. The molecule has 0 aliphatic carbocycles. The second-order valence-corrected chi connectivity index (χ2v) is 3.23. The zero-order chi connectivity index (χ0) is 9.84. The molecule has 1 aliphatic heterocycles. The van der Waals surface area contributed by atoms with Gasteiger partial charge in [-0.1, -0.05) is 0 Å². The summed E-state index contributed by atoms with van der Waals surface area (Å²) in [6, 6.07) is 0. The monoisotopic (exact) mass is 182 g/mol. The standard InChI is InChI=1S/C10H18N2O/c1-4-13-12-7-10(6-11)8(2)5-9(12)3/h5H,4,6-7,11H2,1-3H3. The maximum atomic E-state index is 5.63. The van der Waals surface area contributed by atoms with Crippen molar-refractivity contribution in [3.63, 3.8) is 0 Å². The van der Waals surface area contributed by atoms with Crippen LogP contribution in [0, 0.1) is 0 Å². The van der Waals surface area contributed by atoms with E-state index >= 15 is 0 Å². The third-order valence-corrected chi connectivity index (χ3v) is 2.24. The second-order valence-electron chi connectivity index (χ2n) is 3.23. The van der Waals surface area contributed by atoms with Crippen LogP contribution >= 0.6 is 0 Å². The summed E-state index contributed by atoms with van der Waals surface area (Å²) in [5.41, 5.74) is 9.30. The summed E-state index contributed by atoms with van der Waals surface area (Å²) in [6.45, 7) is 8.24. The first-order valence-electron chi connectivity index (χ1n) is 4.66. The lowest BCUT2D eigenvalue weighted by molar-refractivity contribution is -0.121. The zero-order valence-electron chi connectivity index (χ0n) is 8.63. The minimum Gasteiger partial charge on any atom is -0.327 e. The van der Waals surface area contributed by atoms with Crippen LogP contribution in [-0.4, -0.2) is 24.8 Å². The predicted molar refractivity (Wildman–Crippen MR) is 53.8 cm³/mol. The van der Waals surface area contributed by atoms with Gasteiger partial charge < -0.3 is 5.73 Å². The van der Waals surface area contributed by atoms with E-state index in [0.717, 1.165) is 12.2 Å². The highest BCUT2D eigenvalue weighted by Gasteiger charge is 2.14. The Hall–Kier alpha value is -0.800. The quantitative estimate of drug-likeness (QED) is 0.717. The van der Waals surface area contributed by atoms with Gasteiger partial charge in [0, 0.05) is 12.2 Å². The van der Waals surface area contributed by atoms with Crippen LogP contribution in [0.25, 0.3) is 0 Å². The minimum absolute atomic E-state index is 0.610. The molecule has 2 N–H and O–H groups in total. The van der Waals surface area contributed by atoms with Crippen LogP contribution in [0.3, 0.4) is 0 Å². The number of hydrogen-bond donors (Lipinski definition) is 1. The van der Waals surface area contributed by atoms with Crippen molar-refractivity contribution in [1.82, 2.24) is 5.06 Å². The summed E-state index contributed by atoms with van der Waals surface area (Å²) in [7, 11) is 0. The van der Waals surface area contributed by atoms with Crippen molar-refractivity contribution >= 4 is 0 Å². The van der Waals surface area contributed by atoms with Crippen molar-refractivity contribution in [3.05, 3.63) is 22.9 Å². The molecule has 0 aromatic carbocycles. The summed E-state index contributed by atoms with van der Waals surface area (Å²) >= 11 is 0. The van der Waals surface area contributed by atoms with Gasteiger partial charge in [-0.05, 0) is 38.0 Å². The van der Waals surface area contributed by atoms with E-state index in [1.165, 1.54) is 11.1 Å². The van der Waals surface area contributed by atoms with Gasteiger partial charge in [-0.15, -0.1) is 0 Å². The fourth-order valence-corrected chi connectivity index (χ4v) is 1.44. The van der Waals surface area contributed by atoms with E-state index in [4.69, 9.17) is 10.6 Å². The van der Waals surface area contributed by atoms with Crippen molar-refractivity contribution in [1.29, 1.82) is 0 Å². The third-order valence-electron chi connectivity index (χ3n) is 2.24. The van der Waals surface area contributed by atoms with Crippen LogP contribution in [0.4, 0.5) is 0 Å². The molecule has 0 bridgehead atoms. The van der Waals surface area contributed by atoms with Crippen molar-refractivity contribution < 1.29 is 4.84 Å². The highest BCUT2D eigenvalue weighted by Crippen LogP contribution is 2.19. The fourth-order valence-electron chi connectivity index (χ4n) is 1.44. The summed E-state index contributed by atoms with van der Waals surface area (Å²) in [4.78, 5) is 5.45. The van der Waals surface area contributed by atoms with Crippen LogP contribution in [-0.2, 0) is 4.84 Å². The Bertz CT molecular complexity index is 243. The molecule has 1 aliphatic rings. The van der Waals surface area contributed by atoms with E-state index in [9.17, 15) is 0 Å². The number of nitrogens with two attached hydrogens (primary N) is 1. The molecule has 1 rings (SSSR count). The molecule has 0 fully saturated rings. The molecule has 0 atom stereocenters. The van der Waals surface area contributed by atoms with Crippen molar-refractivity contribution in [3.8, 4) is 0 Å². The second kappa shape index (κ2) is 4.44. The molecular weight excluding hydrogens is 164 g/mol. The Morgan fingerprint density at radius 2 is 2.23 bits per heavy atom. The Morgan fingerprint density at radius 1 is 1.54 bits per heavy atom. The zero-order valence-corrected chi connectivity index (χ0v) is 8.63. The molecular formula is C10H18N2O.